The van der Waals surface area contributed by atoms with Gasteiger partial charge in [-0.3, -0.25) is 0 Å². The van der Waals surface area contributed by atoms with Crippen LogP contribution >= 0.6 is 23.2 Å². The second-order valence-corrected chi connectivity index (χ2v) is 5.08. The quantitative estimate of drug-likeness (QED) is 0.657. The summed E-state index contributed by atoms with van der Waals surface area (Å²) in [5.74, 6) is 0.473. The maximum atomic E-state index is 6.06. The van der Waals surface area contributed by atoms with E-state index in [-0.39, 0.29) is 5.38 Å². The van der Waals surface area contributed by atoms with Crippen LogP contribution in [0, 0.1) is 6.92 Å². The summed E-state index contributed by atoms with van der Waals surface area (Å²) in [4.78, 5) is 0. The van der Waals surface area contributed by atoms with Crippen molar-refractivity contribution in [1.82, 2.24) is 0 Å². The van der Waals surface area contributed by atoms with E-state index in [0.717, 1.165) is 17.0 Å². The first kappa shape index (κ1) is 11.9. The van der Waals surface area contributed by atoms with Gasteiger partial charge in [-0.15, -0.1) is 11.6 Å². The Hall–Kier alpha value is -0.200. The fraction of sp³-hybridized carbons (Fsp3) is 0.500. The van der Waals surface area contributed by atoms with Crippen molar-refractivity contribution in [1.29, 1.82) is 0 Å². The zero-order valence-electron chi connectivity index (χ0n) is 8.85. The van der Waals surface area contributed by atoms with Gasteiger partial charge in [0.2, 0.25) is 0 Å². The molecule has 2 atom stereocenters. The minimum atomic E-state index is 0.213. The van der Waals surface area contributed by atoms with Crippen LogP contribution < -0.4 is 0 Å². The van der Waals surface area contributed by atoms with Crippen molar-refractivity contribution >= 4 is 23.2 Å². The third kappa shape index (κ3) is 3.18. The Labute approximate surface area is 96.2 Å². The van der Waals surface area contributed by atoms with Gasteiger partial charge < -0.3 is 0 Å². The van der Waals surface area contributed by atoms with Gasteiger partial charge in [0, 0.05) is 10.4 Å². The third-order valence-electron chi connectivity index (χ3n) is 2.44. The van der Waals surface area contributed by atoms with Gasteiger partial charge in [-0.2, -0.15) is 0 Å². The first-order chi connectivity index (χ1) is 6.50. The van der Waals surface area contributed by atoms with E-state index in [1.54, 1.807) is 0 Å². The predicted molar refractivity (Wildman–Crippen MR) is 64.5 cm³/mol. The normalized spacial score (nSPS) is 15.2. The Kier molecular flexibility index (Phi) is 4.28. The van der Waals surface area contributed by atoms with Gasteiger partial charge >= 0.3 is 0 Å². The molecule has 0 amide bonds. The highest BCUT2D eigenvalue weighted by molar-refractivity contribution is 6.31. The molecular weight excluding hydrogens is 215 g/mol. The average molecular weight is 231 g/mol. The maximum Gasteiger partial charge on any atom is 0.0438 e. The van der Waals surface area contributed by atoms with Gasteiger partial charge in [-0.05, 0) is 43.4 Å². The molecule has 2 heteroatoms. The predicted octanol–water partition coefficient (Wildman–Crippen LogP) is 4.77. The first-order valence-electron chi connectivity index (χ1n) is 4.91. The number of benzene rings is 1. The van der Waals surface area contributed by atoms with Crippen molar-refractivity contribution in [2.45, 2.75) is 38.5 Å². The number of hydrogen-bond acceptors (Lipinski definition) is 0. The summed E-state index contributed by atoms with van der Waals surface area (Å²) in [5.41, 5.74) is 2.40. The van der Waals surface area contributed by atoms with Crippen molar-refractivity contribution in [2.75, 3.05) is 0 Å². The summed E-state index contributed by atoms with van der Waals surface area (Å²) in [6, 6.07) is 6.24. The van der Waals surface area contributed by atoms with Gasteiger partial charge in [-0.25, -0.2) is 0 Å². The number of aryl methyl sites for hydroxylation is 1. The molecule has 0 aromatic heterocycles. The van der Waals surface area contributed by atoms with Crippen LogP contribution in [0.15, 0.2) is 18.2 Å². The summed E-state index contributed by atoms with van der Waals surface area (Å²) in [6.07, 6.45) is 0.987. The van der Waals surface area contributed by atoms with E-state index in [2.05, 4.69) is 19.1 Å². The minimum absolute atomic E-state index is 0.213. The van der Waals surface area contributed by atoms with Crippen molar-refractivity contribution < 1.29 is 0 Å². The molecule has 0 heterocycles. The van der Waals surface area contributed by atoms with Gasteiger partial charge in [0.25, 0.3) is 0 Å². The smallest absolute Gasteiger partial charge is 0.0438 e. The highest BCUT2D eigenvalue weighted by Gasteiger charge is 2.09. The lowest BCUT2D eigenvalue weighted by Crippen LogP contribution is -2.00. The number of alkyl halides is 1. The molecule has 1 rings (SSSR count). The molecular formula is C12H16Cl2. The molecule has 0 saturated heterocycles. The summed E-state index contributed by atoms with van der Waals surface area (Å²) >= 11 is 12.0. The fourth-order valence-corrected chi connectivity index (χ4v) is 2.00. The molecule has 0 spiro atoms. The van der Waals surface area contributed by atoms with E-state index in [1.807, 2.05) is 19.9 Å². The topological polar surface area (TPSA) is 0 Å². The molecule has 0 fully saturated rings. The summed E-state index contributed by atoms with van der Waals surface area (Å²) < 4.78 is 0. The molecule has 0 radical (unpaired) electrons. The number of halogens is 2. The Morgan fingerprint density at radius 3 is 2.43 bits per heavy atom. The summed E-state index contributed by atoms with van der Waals surface area (Å²) in [6.45, 7) is 6.22. The Balaban J connectivity index is 2.80. The van der Waals surface area contributed by atoms with Crippen LogP contribution in [0.3, 0.4) is 0 Å². The molecule has 78 valence electrons. The van der Waals surface area contributed by atoms with Gasteiger partial charge in [0.05, 0.1) is 0 Å². The second kappa shape index (κ2) is 5.04. The summed E-state index contributed by atoms with van der Waals surface area (Å²) in [7, 11) is 0. The standard InChI is InChI=1S/C12H16Cl2/c1-8-4-5-11(7-12(8)14)9(2)6-10(3)13/h4-5,7,9-10H,6H2,1-3H3. The lowest BCUT2D eigenvalue weighted by molar-refractivity contribution is 0.671. The monoisotopic (exact) mass is 230 g/mol. The molecule has 0 saturated carbocycles. The highest BCUT2D eigenvalue weighted by Crippen LogP contribution is 2.26. The molecule has 14 heavy (non-hydrogen) atoms. The molecule has 0 nitrogen and oxygen atoms in total. The second-order valence-electron chi connectivity index (χ2n) is 3.93. The van der Waals surface area contributed by atoms with Crippen molar-refractivity contribution in [3.63, 3.8) is 0 Å². The van der Waals surface area contributed by atoms with Crippen molar-refractivity contribution in [3.8, 4) is 0 Å². The summed E-state index contributed by atoms with van der Waals surface area (Å²) in [5, 5.41) is 1.06. The van der Waals surface area contributed by atoms with Crippen molar-refractivity contribution in [3.05, 3.63) is 34.3 Å². The van der Waals surface area contributed by atoms with E-state index in [1.165, 1.54) is 5.56 Å². The largest absolute Gasteiger partial charge is 0.123 e. The third-order valence-corrected chi connectivity index (χ3v) is 3.03. The van der Waals surface area contributed by atoms with Gasteiger partial charge in [-0.1, -0.05) is 30.7 Å². The van der Waals surface area contributed by atoms with Crippen LogP contribution in [-0.2, 0) is 0 Å². The highest BCUT2D eigenvalue weighted by atomic mass is 35.5. The molecule has 1 aromatic carbocycles. The van der Waals surface area contributed by atoms with Crippen LogP contribution in [0.5, 0.6) is 0 Å². The number of rotatable bonds is 3. The molecule has 2 unspecified atom stereocenters. The lowest BCUT2D eigenvalue weighted by Gasteiger charge is -2.14. The molecule has 0 bridgehead atoms. The lowest BCUT2D eigenvalue weighted by atomic mass is 9.96. The SMILES string of the molecule is Cc1ccc(C(C)CC(C)Cl)cc1Cl. The Morgan fingerprint density at radius 1 is 1.29 bits per heavy atom. The van der Waals surface area contributed by atoms with E-state index in [9.17, 15) is 0 Å². The number of hydrogen-bond donors (Lipinski definition) is 0. The van der Waals surface area contributed by atoms with Crippen molar-refractivity contribution in [2.24, 2.45) is 0 Å². The van der Waals surface area contributed by atoms with Gasteiger partial charge in [0.1, 0.15) is 0 Å². The molecule has 0 aliphatic rings. The maximum absolute atomic E-state index is 6.06. The van der Waals surface area contributed by atoms with E-state index in [0.29, 0.717) is 5.92 Å². The van der Waals surface area contributed by atoms with Crippen LogP contribution in [-0.4, -0.2) is 5.38 Å². The van der Waals surface area contributed by atoms with E-state index < -0.39 is 0 Å². The fourth-order valence-electron chi connectivity index (χ4n) is 1.54. The Bertz CT molecular complexity index is 305. The first-order valence-corrected chi connectivity index (χ1v) is 5.72. The van der Waals surface area contributed by atoms with E-state index in [4.69, 9.17) is 23.2 Å². The molecule has 0 aliphatic carbocycles. The van der Waals surface area contributed by atoms with Crippen LogP contribution in [0.25, 0.3) is 0 Å². The van der Waals surface area contributed by atoms with E-state index >= 15 is 0 Å². The minimum Gasteiger partial charge on any atom is -0.123 e. The molecule has 0 N–H and O–H groups in total. The zero-order valence-corrected chi connectivity index (χ0v) is 10.4. The van der Waals surface area contributed by atoms with Gasteiger partial charge in [0.15, 0.2) is 0 Å². The Morgan fingerprint density at radius 2 is 1.93 bits per heavy atom. The van der Waals surface area contributed by atoms with Crippen LogP contribution in [0.2, 0.25) is 5.02 Å². The van der Waals surface area contributed by atoms with Crippen LogP contribution in [0.1, 0.15) is 37.3 Å². The average Bonchev–Trinajstić information content (AvgIpc) is 2.08. The van der Waals surface area contributed by atoms with Crippen LogP contribution in [0.4, 0.5) is 0 Å². The molecule has 0 aliphatic heterocycles. The molecule has 1 aromatic rings. The zero-order chi connectivity index (χ0) is 10.7.